The molecule has 6 heteroatoms. The molecule has 0 saturated carbocycles. The van der Waals surface area contributed by atoms with Crippen molar-refractivity contribution in [2.75, 3.05) is 13.1 Å². The molecule has 3 rings (SSSR count). The van der Waals surface area contributed by atoms with Crippen LogP contribution in [-0.2, 0) is 16.3 Å². The number of likely N-dealkylation sites (tertiary alicyclic amines) is 1. The first kappa shape index (κ1) is 17.6. The molecule has 1 heterocycles. The first-order valence-corrected chi connectivity index (χ1v) is 9.84. The number of halogens is 1. The van der Waals surface area contributed by atoms with Crippen molar-refractivity contribution in [3.8, 4) is 0 Å². The van der Waals surface area contributed by atoms with Crippen molar-refractivity contribution in [1.82, 2.24) is 4.90 Å². The summed E-state index contributed by atoms with van der Waals surface area (Å²) in [4.78, 5) is 14.1. The second-order valence-corrected chi connectivity index (χ2v) is 8.51. The minimum absolute atomic E-state index is 0.0925. The zero-order valence-electron chi connectivity index (χ0n) is 14.0. The minimum Gasteiger partial charge on any atom is -0.336 e. The number of benzene rings is 2. The predicted molar refractivity (Wildman–Crippen MR) is 93.7 cm³/mol. The Morgan fingerprint density at radius 3 is 2.24 bits per heavy atom. The summed E-state index contributed by atoms with van der Waals surface area (Å²) in [5, 5.41) is -0.638. The van der Waals surface area contributed by atoms with Gasteiger partial charge in [-0.1, -0.05) is 25.5 Å². The summed E-state index contributed by atoms with van der Waals surface area (Å²) in [5.41, 5.74) is 1.75. The van der Waals surface area contributed by atoms with Crippen LogP contribution in [0.4, 0.5) is 4.39 Å². The molecule has 0 atom stereocenters. The van der Waals surface area contributed by atoms with Gasteiger partial charge in [0.15, 0.2) is 9.84 Å². The lowest BCUT2D eigenvalue weighted by Crippen LogP contribution is -2.56. The van der Waals surface area contributed by atoms with Gasteiger partial charge in [-0.15, -0.1) is 0 Å². The third-order valence-electron chi connectivity index (χ3n) is 4.46. The number of nitrogens with zero attached hydrogens (tertiary/aromatic N) is 1. The van der Waals surface area contributed by atoms with E-state index in [-0.39, 0.29) is 23.9 Å². The number of amides is 1. The van der Waals surface area contributed by atoms with Gasteiger partial charge >= 0.3 is 0 Å². The Bertz CT molecular complexity index is 855. The molecule has 2 aromatic rings. The Hall–Kier alpha value is -2.21. The van der Waals surface area contributed by atoms with Crippen molar-refractivity contribution in [3.63, 3.8) is 0 Å². The third-order valence-corrected chi connectivity index (χ3v) is 6.56. The molecule has 1 saturated heterocycles. The fraction of sp³-hybridized carbons (Fsp3) is 0.316. The summed E-state index contributed by atoms with van der Waals surface area (Å²) in [6.07, 6.45) is 2.01. The Morgan fingerprint density at radius 2 is 1.68 bits per heavy atom. The molecule has 0 aliphatic carbocycles. The highest BCUT2D eigenvalue weighted by Crippen LogP contribution is 2.25. The number of rotatable bonds is 5. The topological polar surface area (TPSA) is 54.5 Å². The molecular formula is C19H20FNO3S. The maximum atomic E-state index is 13.0. The molecule has 1 amide bonds. The molecule has 25 heavy (non-hydrogen) atoms. The first-order valence-electron chi connectivity index (χ1n) is 8.29. The molecule has 132 valence electrons. The van der Waals surface area contributed by atoms with E-state index in [0.29, 0.717) is 5.56 Å². The molecule has 0 radical (unpaired) electrons. The van der Waals surface area contributed by atoms with Gasteiger partial charge in [0.2, 0.25) is 0 Å². The van der Waals surface area contributed by atoms with Crippen LogP contribution < -0.4 is 0 Å². The van der Waals surface area contributed by atoms with Gasteiger partial charge in [-0.3, -0.25) is 4.79 Å². The number of carbonyl (C=O) groups is 1. The summed E-state index contributed by atoms with van der Waals surface area (Å²) < 4.78 is 37.9. The molecular weight excluding hydrogens is 341 g/mol. The number of carbonyl (C=O) groups excluding carboxylic acids is 1. The summed E-state index contributed by atoms with van der Waals surface area (Å²) in [7, 11) is -3.54. The molecule has 0 N–H and O–H groups in total. The van der Waals surface area contributed by atoms with Gasteiger partial charge < -0.3 is 4.90 Å². The van der Waals surface area contributed by atoms with E-state index < -0.39 is 20.9 Å². The second-order valence-electron chi connectivity index (χ2n) is 6.28. The standard InChI is InChI=1S/C19H20FNO3S/c1-2-3-14-4-6-15(7-5-14)19(22)21-12-18(13-21)25(23,24)17-10-8-16(20)9-11-17/h4-11,18H,2-3,12-13H2,1H3. The molecule has 1 aliphatic rings. The van der Waals surface area contributed by atoms with E-state index in [1.54, 1.807) is 12.1 Å². The van der Waals surface area contributed by atoms with Crippen LogP contribution in [0.25, 0.3) is 0 Å². The first-order chi connectivity index (χ1) is 11.9. The van der Waals surface area contributed by atoms with Crippen LogP contribution in [0.1, 0.15) is 29.3 Å². The number of hydrogen-bond acceptors (Lipinski definition) is 3. The number of aryl methyl sites for hydroxylation is 1. The fourth-order valence-electron chi connectivity index (χ4n) is 2.90. The lowest BCUT2D eigenvalue weighted by atomic mass is 10.1. The second kappa shape index (κ2) is 6.96. The zero-order valence-corrected chi connectivity index (χ0v) is 14.8. The van der Waals surface area contributed by atoms with Crippen LogP contribution in [0, 0.1) is 5.82 Å². The molecule has 0 aromatic heterocycles. The highest BCUT2D eigenvalue weighted by atomic mass is 32.2. The van der Waals surface area contributed by atoms with Crippen LogP contribution >= 0.6 is 0 Å². The van der Waals surface area contributed by atoms with Crippen molar-refractivity contribution in [1.29, 1.82) is 0 Å². The van der Waals surface area contributed by atoms with Gasteiger partial charge in [-0.2, -0.15) is 0 Å². The Labute approximate surface area is 147 Å². The Balaban J connectivity index is 1.65. The van der Waals surface area contributed by atoms with E-state index >= 15 is 0 Å². The largest absolute Gasteiger partial charge is 0.336 e. The van der Waals surface area contributed by atoms with Crippen molar-refractivity contribution in [3.05, 3.63) is 65.5 Å². The molecule has 0 bridgehead atoms. The molecule has 0 spiro atoms. The molecule has 2 aromatic carbocycles. The zero-order chi connectivity index (χ0) is 18.0. The predicted octanol–water partition coefficient (Wildman–Crippen LogP) is 3.08. The van der Waals surface area contributed by atoms with Crippen LogP contribution in [0.15, 0.2) is 53.4 Å². The highest BCUT2D eigenvalue weighted by molar-refractivity contribution is 7.92. The number of hydrogen-bond donors (Lipinski definition) is 0. The smallest absolute Gasteiger partial charge is 0.253 e. The van der Waals surface area contributed by atoms with Crippen molar-refractivity contribution in [2.24, 2.45) is 0 Å². The van der Waals surface area contributed by atoms with E-state index in [1.807, 2.05) is 12.1 Å². The van der Waals surface area contributed by atoms with Gasteiger partial charge in [-0.05, 0) is 48.4 Å². The lowest BCUT2D eigenvalue weighted by molar-refractivity contribution is 0.0659. The molecule has 1 fully saturated rings. The quantitative estimate of drug-likeness (QED) is 0.769. The van der Waals surface area contributed by atoms with Gasteiger partial charge in [-0.25, -0.2) is 12.8 Å². The van der Waals surface area contributed by atoms with Gasteiger partial charge in [0, 0.05) is 18.7 Å². The normalized spacial score (nSPS) is 15.0. The van der Waals surface area contributed by atoms with Crippen LogP contribution in [0.5, 0.6) is 0 Å². The maximum absolute atomic E-state index is 13.0. The van der Waals surface area contributed by atoms with Crippen LogP contribution in [0.2, 0.25) is 0 Å². The van der Waals surface area contributed by atoms with Crippen molar-refractivity contribution in [2.45, 2.75) is 29.9 Å². The minimum atomic E-state index is -3.54. The summed E-state index contributed by atoms with van der Waals surface area (Å²) >= 11 is 0. The highest BCUT2D eigenvalue weighted by Gasteiger charge is 2.40. The molecule has 4 nitrogen and oxygen atoms in total. The average molecular weight is 361 g/mol. The molecule has 0 unspecified atom stereocenters. The van der Waals surface area contributed by atoms with Crippen molar-refractivity contribution < 1.29 is 17.6 Å². The summed E-state index contributed by atoms with van der Waals surface area (Å²) in [6, 6.07) is 12.2. The van der Waals surface area contributed by atoms with Crippen LogP contribution in [0.3, 0.4) is 0 Å². The Kier molecular flexibility index (Phi) is 4.90. The summed E-state index contributed by atoms with van der Waals surface area (Å²) in [6.45, 7) is 2.42. The maximum Gasteiger partial charge on any atom is 0.253 e. The lowest BCUT2D eigenvalue weighted by Gasteiger charge is -2.38. The van der Waals surface area contributed by atoms with Gasteiger partial charge in [0.1, 0.15) is 11.1 Å². The van der Waals surface area contributed by atoms with E-state index in [1.165, 1.54) is 22.6 Å². The summed E-state index contributed by atoms with van der Waals surface area (Å²) in [5.74, 6) is -0.635. The SMILES string of the molecule is CCCc1ccc(C(=O)N2CC(S(=O)(=O)c3ccc(F)cc3)C2)cc1. The van der Waals surface area contributed by atoms with Crippen LogP contribution in [-0.4, -0.2) is 37.6 Å². The van der Waals surface area contributed by atoms with E-state index in [4.69, 9.17) is 0 Å². The Morgan fingerprint density at radius 1 is 1.08 bits per heavy atom. The van der Waals surface area contributed by atoms with Crippen molar-refractivity contribution >= 4 is 15.7 Å². The third kappa shape index (κ3) is 3.58. The van der Waals surface area contributed by atoms with E-state index in [0.717, 1.165) is 25.0 Å². The fourth-order valence-corrected chi connectivity index (χ4v) is 4.55. The van der Waals surface area contributed by atoms with E-state index in [9.17, 15) is 17.6 Å². The number of sulfone groups is 1. The average Bonchev–Trinajstić information content (AvgIpc) is 2.54. The molecule has 1 aliphatic heterocycles. The van der Waals surface area contributed by atoms with E-state index in [2.05, 4.69) is 6.92 Å². The van der Waals surface area contributed by atoms with Gasteiger partial charge in [0.25, 0.3) is 5.91 Å². The van der Waals surface area contributed by atoms with Gasteiger partial charge in [0.05, 0.1) is 4.90 Å². The monoisotopic (exact) mass is 361 g/mol.